The molecule has 2 rings (SSSR count). The van der Waals surface area contributed by atoms with E-state index in [4.69, 9.17) is 0 Å². The topological polar surface area (TPSA) is 74.8 Å². The first-order chi connectivity index (χ1) is 16.9. The fraction of sp³-hybridized carbons (Fsp3) is 0.862. The lowest BCUT2D eigenvalue weighted by Crippen LogP contribution is -2.57. The van der Waals surface area contributed by atoms with Crippen molar-refractivity contribution in [1.29, 1.82) is 0 Å². The summed E-state index contributed by atoms with van der Waals surface area (Å²) >= 11 is 0. The Balaban J connectivity index is 0.00000274. The van der Waals surface area contributed by atoms with Gasteiger partial charge in [-0.05, 0) is 38.0 Å². The molecule has 0 aromatic heterocycles. The number of carbonyl (C=O) groups is 4. The lowest BCUT2D eigenvalue weighted by atomic mass is 9.84. The Labute approximate surface area is 215 Å². The third kappa shape index (κ3) is 7.88. The molecule has 0 radical (unpaired) electrons. The van der Waals surface area contributed by atoms with Crippen LogP contribution in [0.3, 0.4) is 0 Å². The summed E-state index contributed by atoms with van der Waals surface area (Å²) in [5.74, 6) is -0.907. The molecular formula is C29H54N2O4. The molecule has 1 saturated heterocycles. The van der Waals surface area contributed by atoms with Gasteiger partial charge in [0.1, 0.15) is 0 Å². The van der Waals surface area contributed by atoms with Crippen LogP contribution in [-0.2, 0) is 19.2 Å². The maximum atomic E-state index is 13.4. The van der Waals surface area contributed by atoms with Gasteiger partial charge in [0, 0.05) is 11.8 Å². The van der Waals surface area contributed by atoms with Gasteiger partial charge in [0.15, 0.2) is 0 Å². The zero-order valence-electron chi connectivity index (χ0n) is 24.1. The number of rotatable bonds is 11. The van der Waals surface area contributed by atoms with Gasteiger partial charge in [-0.3, -0.25) is 29.0 Å². The maximum absolute atomic E-state index is 13.4. The van der Waals surface area contributed by atoms with Gasteiger partial charge in [0.25, 0.3) is 0 Å². The quantitative estimate of drug-likeness (QED) is 0.239. The minimum Gasteiger partial charge on any atom is -0.280 e. The Hall–Kier alpha value is -1.72. The number of hydrogen-bond donors (Lipinski definition) is 0. The number of nitrogens with zero attached hydrogens (tertiary/aromatic N) is 2. The second-order valence-corrected chi connectivity index (χ2v) is 9.51. The summed E-state index contributed by atoms with van der Waals surface area (Å²) in [7, 11) is 0. The van der Waals surface area contributed by atoms with E-state index in [1.807, 2.05) is 48.5 Å². The Morgan fingerprint density at radius 3 is 2.03 bits per heavy atom. The van der Waals surface area contributed by atoms with E-state index in [1.54, 1.807) is 0 Å². The molecule has 1 saturated carbocycles. The summed E-state index contributed by atoms with van der Waals surface area (Å²) in [4.78, 5) is 55.0. The van der Waals surface area contributed by atoms with E-state index < -0.39 is 12.1 Å². The average Bonchev–Trinajstić information content (AvgIpc) is 3.11. The van der Waals surface area contributed by atoms with Crippen molar-refractivity contribution >= 4 is 24.1 Å². The Morgan fingerprint density at radius 2 is 1.54 bits per heavy atom. The molecular weight excluding hydrogens is 440 g/mol. The van der Waals surface area contributed by atoms with Crippen LogP contribution >= 0.6 is 0 Å². The minimum atomic E-state index is -0.410. The van der Waals surface area contributed by atoms with Crippen LogP contribution in [0.1, 0.15) is 127 Å². The first-order valence-corrected chi connectivity index (χ1v) is 14.5. The van der Waals surface area contributed by atoms with E-state index in [9.17, 15) is 19.2 Å². The zero-order chi connectivity index (χ0) is 27.1. The van der Waals surface area contributed by atoms with Crippen molar-refractivity contribution < 1.29 is 19.2 Å². The molecule has 1 aliphatic heterocycles. The second-order valence-electron chi connectivity index (χ2n) is 9.51. The largest absolute Gasteiger partial charge is 0.280 e. The van der Waals surface area contributed by atoms with Crippen molar-refractivity contribution in [2.24, 2.45) is 23.7 Å². The average molecular weight is 495 g/mol. The molecule has 6 nitrogen and oxygen atoms in total. The predicted molar refractivity (Wildman–Crippen MR) is 144 cm³/mol. The van der Waals surface area contributed by atoms with Gasteiger partial charge in [-0.1, -0.05) is 94.4 Å². The van der Waals surface area contributed by atoms with Crippen molar-refractivity contribution in [2.45, 2.75) is 139 Å². The Bertz CT molecular complexity index is 651. The molecule has 4 amide bonds. The normalized spacial score (nSPS) is 25.6. The first kappa shape index (κ1) is 33.3. The van der Waals surface area contributed by atoms with E-state index in [0.29, 0.717) is 38.5 Å². The van der Waals surface area contributed by atoms with Crippen molar-refractivity contribution in [3.63, 3.8) is 0 Å². The maximum Gasteiger partial charge on any atom is 0.233 e. The Kier molecular flexibility index (Phi) is 16.8. The number of carbonyl (C=O) groups excluding carboxylic acids is 4. The highest BCUT2D eigenvalue weighted by Crippen LogP contribution is 2.38. The molecule has 1 aliphatic carbocycles. The zero-order valence-corrected chi connectivity index (χ0v) is 24.1. The van der Waals surface area contributed by atoms with Gasteiger partial charge in [-0.25, -0.2) is 0 Å². The molecule has 35 heavy (non-hydrogen) atoms. The van der Waals surface area contributed by atoms with Crippen LogP contribution in [0.2, 0.25) is 0 Å². The smallest absolute Gasteiger partial charge is 0.233 e. The lowest BCUT2D eigenvalue weighted by molar-refractivity contribution is -0.154. The number of likely N-dealkylation sites (tertiary alicyclic amines) is 1. The number of imide groups is 2. The monoisotopic (exact) mass is 494 g/mol. The van der Waals surface area contributed by atoms with E-state index in [-0.39, 0.29) is 41.4 Å². The third-order valence-corrected chi connectivity index (χ3v) is 7.57. The first-order valence-electron chi connectivity index (χ1n) is 14.5. The molecule has 0 N–H and O–H groups in total. The molecule has 2 fully saturated rings. The number of hydrogen-bond acceptors (Lipinski definition) is 4. The van der Waals surface area contributed by atoms with E-state index in [1.165, 1.54) is 9.80 Å². The summed E-state index contributed by atoms with van der Waals surface area (Å²) in [6, 6.07) is -0.801. The van der Waals surface area contributed by atoms with Crippen LogP contribution in [-0.4, -0.2) is 46.0 Å². The highest BCUT2D eigenvalue weighted by molar-refractivity contribution is 6.05. The van der Waals surface area contributed by atoms with Crippen molar-refractivity contribution in [1.82, 2.24) is 9.80 Å². The predicted octanol–water partition coefficient (Wildman–Crippen LogP) is 6.61. The third-order valence-electron chi connectivity index (χ3n) is 7.57. The van der Waals surface area contributed by atoms with Crippen LogP contribution in [0.25, 0.3) is 0 Å². The summed E-state index contributed by atoms with van der Waals surface area (Å²) in [6.45, 7) is 18.2. The highest BCUT2D eigenvalue weighted by atomic mass is 16.2. The standard InChI is InChI=1S/C25H42N2O4.2C2H6/c1-6-12-17(5)18(8-3)23(29)26(16-28)21-14-10-11-15-22(21)27-24(30)19(9-4)20(13-7-2)25(27)31;2*1-2/h16-22H,6-15H2,1-5H3;2*1-2H3. The van der Waals surface area contributed by atoms with Crippen LogP contribution in [0.5, 0.6) is 0 Å². The van der Waals surface area contributed by atoms with Crippen LogP contribution in [0.4, 0.5) is 0 Å². The molecule has 0 spiro atoms. The fourth-order valence-corrected chi connectivity index (χ4v) is 5.91. The second kappa shape index (κ2) is 17.7. The number of amides is 4. The molecule has 0 aromatic rings. The van der Waals surface area contributed by atoms with Gasteiger partial charge >= 0.3 is 0 Å². The van der Waals surface area contributed by atoms with Crippen molar-refractivity contribution in [3.8, 4) is 0 Å². The molecule has 0 bridgehead atoms. The fourth-order valence-electron chi connectivity index (χ4n) is 5.91. The lowest BCUT2D eigenvalue weighted by Gasteiger charge is -2.42. The molecule has 6 unspecified atom stereocenters. The SMILES string of the molecule is CC.CC.CCCC(C)C(CC)C(=O)N(C=O)C1CCCCC1N1C(=O)C(CC)C(CCC)C1=O. The summed E-state index contributed by atoms with van der Waals surface area (Å²) in [5, 5.41) is 0. The van der Waals surface area contributed by atoms with Crippen molar-refractivity contribution in [2.75, 3.05) is 0 Å². The van der Waals surface area contributed by atoms with Crippen LogP contribution in [0, 0.1) is 23.7 Å². The minimum absolute atomic E-state index is 0.0970. The highest BCUT2D eigenvalue weighted by Gasteiger charge is 2.51. The van der Waals surface area contributed by atoms with Gasteiger partial charge in [-0.15, -0.1) is 0 Å². The molecule has 6 atom stereocenters. The molecule has 204 valence electrons. The van der Waals surface area contributed by atoms with E-state index >= 15 is 0 Å². The van der Waals surface area contributed by atoms with Crippen LogP contribution < -0.4 is 0 Å². The molecule has 0 aromatic carbocycles. The van der Waals surface area contributed by atoms with Gasteiger partial charge in [0.2, 0.25) is 24.1 Å². The van der Waals surface area contributed by atoms with Crippen molar-refractivity contribution in [3.05, 3.63) is 0 Å². The summed E-state index contributed by atoms with van der Waals surface area (Å²) in [5.41, 5.74) is 0. The summed E-state index contributed by atoms with van der Waals surface area (Å²) < 4.78 is 0. The molecule has 2 aliphatic rings. The van der Waals surface area contributed by atoms with E-state index in [2.05, 4.69) is 13.8 Å². The Morgan fingerprint density at radius 1 is 0.971 bits per heavy atom. The summed E-state index contributed by atoms with van der Waals surface area (Å²) in [6.07, 6.45) is 8.58. The van der Waals surface area contributed by atoms with Gasteiger partial charge in [-0.2, -0.15) is 0 Å². The van der Waals surface area contributed by atoms with Gasteiger partial charge in [0.05, 0.1) is 18.0 Å². The van der Waals surface area contributed by atoms with Crippen LogP contribution in [0.15, 0.2) is 0 Å². The van der Waals surface area contributed by atoms with E-state index in [0.717, 1.165) is 32.1 Å². The molecule has 1 heterocycles. The molecule has 6 heteroatoms. The van der Waals surface area contributed by atoms with Gasteiger partial charge < -0.3 is 0 Å².